The molecular formula is C32H48FNO4. The third-order valence-electron chi connectivity index (χ3n) is 9.44. The van der Waals surface area contributed by atoms with Gasteiger partial charge in [0.15, 0.2) is 0 Å². The van der Waals surface area contributed by atoms with E-state index in [4.69, 9.17) is 10.5 Å². The molecule has 2 fully saturated rings. The van der Waals surface area contributed by atoms with Gasteiger partial charge < -0.3 is 25.8 Å². The van der Waals surface area contributed by atoms with Gasteiger partial charge in [-0.1, -0.05) is 70.6 Å². The van der Waals surface area contributed by atoms with Crippen molar-refractivity contribution in [3.05, 3.63) is 71.2 Å². The topological polar surface area (TPSA) is 95.9 Å². The Hall–Kier alpha value is -1.99. The Bertz CT molecular complexity index is 1010. The number of halogens is 1. The van der Waals surface area contributed by atoms with Crippen molar-refractivity contribution in [2.24, 2.45) is 28.9 Å². The molecule has 0 aromatic heterocycles. The Kier molecular flexibility index (Phi) is 10.4. The summed E-state index contributed by atoms with van der Waals surface area (Å²) in [5.41, 5.74) is 10.2. The number of ether oxygens (including phenoxy) is 1. The van der Waals surface area contributed by atoms with Gasteiger partial charge in [-0.15, -0.1) is 0 Å². The lowest BCUT2D eigenvalue weighted by Crippen LogP contribution is -2.47. The molecule has 3 rings (SSSR count). The molecule has 9 atom stereocenters. The van der Waals surface area contributed by atoms with Crippen LogP contribution in [0.5, 0.6) is 0 Å². The second-order valence-corrected chi connectivity index (χ2v) is 11.8. The second kappa shape index (κ2) is 12.9. The number of hydrogen-bond donors (Lipinski definition) is 4. The van der Waals surface area contributed by atoms with Crippen LogP contribution in [-0.2, 0) is 4.74 Å². The van der Waals surface area contributed by atoms with Crippen molar-refractivity contribution in [3.63, 3.8) is 0 Å². The highest BCUT2D eigenvalue weighted by Gasteiger charge is 2.50. The number of allylic oxidation sites excluding steroid dienone is 5. The van der Waals surface area contributed by atoms with E-state index in [0.717, 1.165) is 37.8 Å². The van der Waals surface area contributed by atoms with E-state index in [1.165, 1.54) is 35.4 Å². The number of aliphatic hydroxyl groups excluding tert-OH is 3. The lowest BCUT2D eigenvalue weighted by molar-refractivity contribution is -0.0683. The van der Waals surface area contributed by atoms with Gasteiger partial charge in [-0.3, -0.25) is 0 Å². The van der Waals surface area contributed by atoms with Crippen LogP contribution in [-0.4, -0.2) is 39.7 Å². The smallest absolute Gasteiger partial charge is 0.123 e. The Balaban J connectivity index is 1.55. The number of rotatable bonds is 12. The van der Waals surface area contributed by atoms with Crippen LogP contribution in [0.15, 0.2) is 59.8 Å². The fourth-order valence-corrected chi connectivity index (χ4v) is 6.19. The minimum Gasteiger partial charge on any atom is -0.402 e. The van der Waals surface area contributed by atoms with Crippen LogP contribution in [0.2, 0.25) is 0 Å². The summed E-state index contributed by atoms with van der Waals surface area (Å²) in [6.45, 7) is 15.4. The van der Waals surface area contributed by atoms with E-state index in [9.17, 15) is 19.7 Å². The van der Waals surface area contributed by atoms with Gasteiger partial charge in [-0.2, -0.15) is 0 Å². The molecule has 6 heteroatoms. The molecule has 212 valence electrons. The molecular weight excluding hydrogens is 481 g/mol. The lowest BCUT2D eigenvalue weighted by atomic mass is 9.50. The molecule has 0 amide bonds. The van der Waals surface area contributed by atoms with Crippen molar-refractivity contribution >= 4 is 0 Å². The quantitative estimate of drug-likeness (QED) is 0.198. The maximum Gasteiger partial charge on any atom is 0.123 e. The summed E-state index contributed by atoms with van der Waals surface area (Å²) in [5.74, 6) is 0.931. The van der Waals surface area contributed by atoms with E-state index in [2.05, 4.69) is 53.3 Å². The minimum atomic E-state index is -1.20. The van der Waals surface area contributed by atoms with Gasteiger partial charge in [-0.25, -0.2) is 4.39 Å². The highest BCUT2D eigenvalue weighted by Crippen LogP contribution is 2.58. The molecule has 5 nitrogen and oxygen atoms in total. The molecule has 4 unspecified atom stereocenters. The van der Waals surface area contributed by atoms with E-state index < -0.39 is 36.3 Å². The number of nitrogens with two attached hydrogens (primary N) is 1. The molecule has 1 aliphatic heterocycles. The van der Waals surface area contributed by atoms with Gasteiger partial charge in [0.25, 0.3) is 0 Å². The molecule has 38 heavy (non-hydrogen) atoms. The molecule has 0 bridgehead atoms. The maximum absolute atomic E-state index is 13.2. The van der Waals surface area contributed by atoms with Crippen molar-refractivity contribution in [1.82, 2.24) is 0 Å². The summed E-state index contributed by atoms with van der Waals surface area (Å²) in [7, 11) is 0. The summed E-state index contributed by atoms with van der Waals surface area (Å²) in [6, 6.07) is 5.44. The summed E-state index contributed by atoms with van der Waals surface area (Å²) < 4.78 is 19.1. The minimum absolute atomic E-state index is 0.0926. The van der Waals surface area contributed by atoms with Crippen LogP contribution in [0.1, 0.15) is 84.8 Å². The average molecular weight is 530 g/mol. The molecule has 1 saturated heterocycles. The van der Waals surface area contributed by atoms with Gasteiger partial charge >= 0.3 is 0 Å². The summed E-state index contributed by atoms with van der Waals surface area (Å²) in [5, 5.41) is 31.6. The van der Waals surface area contributed by atoms with Crippen LogP contribution in [0.25, 0.3) is 0 Å². The first-order chi connectivity index (χ1) is 17.9. The van der Waals surface area contributed by atoms with Crippen LogP contribution >= 0.6 is 0 Å². The van der Waals surface area contributed by atoms with E-state index >= 15 is 0 Å². The van der Waals surface area contributed by atoms with E-state index in [0.29, 0.717) is 29.7 Å². The highest BCUT2D eigenvalue weighted by molar-refractivity contribution is 5.37. The molecule has 0 spiro atoms. The first-order valence-corrected chi connectivity index (χ1v) is 14.2. The zero-order valence-electron chi connectivity index (χ0n) is 23.7. The van der Waals surface area contributed by atoms with Crippen LogP contribution in [0.3, 0.4) is 0 Å². The zero-order valence-corrected chi connectivity index (χ0v) is 23.7. The molecule has 2 aliphatic rings. The Labute approximate surface area is 228 Å². The van der Waals surface area contributed by atoms with Gasteiger partial charge in [0.05, 0.1) is 6.10 Å². The summed E-state index contributed by atoms with van der Waals surface area (Å²) >= 11 is 0. The monoisotopic (exact) mass is 529 g/mol. The van der Waals surface area contributed by atoms with Crippen molar-refractivity contribution in [1.29, 1.82) is 0 Å². The maximum atomic E-state index is 13.2. The molecule has 1 aliphatic carbocycles. The first kappa shape index (κ1) is 30.6. The molecule has 1 aromatic rings. The summed E-state index contributed by atoms with van der Waals surface area (Å²) in [6.07, 6.45) is 5.04. The van der Waals surface area contributed by atoms with Crippen molar-refractivity contribution in [2.45, 2.75) is 104 Å². The average Bonchev–Trinajstić information content (AvgIpc) is 3.18. The van der Waals surface area contributed by atoms with Crippen molar-refractivity contribution in [2.75, 3.05) is 0 Å². The highest BCUT2D eigenvalue weighted by atomic mass is 19.1. The summed E-state index contributed by atoms with van der Waals surface area (Å²) in [4.78, 5) is 0. The third-order valence-corrected chi connectivity index (χ3v) is 9.44. The third kappa shape index (κ3) is 6.41. The second-order valence-electron chi connectivity index (χ2n) is 11.8. The Morgan fingerprint density at radius 1 is 1.24 bits per heavy atom. The van der Waals surface area contributed by atoms with E-state index in [1.807, 2.05) is 0 Å². The number of hydrogen-bond acceptors (Lipinski definition) is 5. The zero-order chi connectivity index (χ0) is 28.2. The van der Waals surface area contributed by atoms with Crippen molar-refractivity contribution in [3.8, 4) is 0 Å². The lowest BCUT2D eigenvalue weighted by Gasteiger charge is -2.54. The van der Waals surface area contributed by atoms with Crippen molar-refractivity contribution < 1.29 is 24.4 Å². The number of aliphatic hydroxyl groups is 3. The number of unbranched alkanes of at least 4 members (excludes halogenated alkanes) is 2. The predicted molar refractivity (Wildman–Crippen MR) is 151 cm³/mol. The molecule has 1 heterocycles. The molecule has 5 N–H and O–H groups in total. The fraction of sp³-hybridized carbons (Fsp3) is 0.625. The fourth-order valence-electron chi connectivity index (χ4n) is 6.19. The SMILES string of the molecule is C=C(N)C1CC(C)(C(/C=C\CCCC[C@@H]2O[C@H]([C@@H](O)c3ccc(F)cc3)[C@@H](O)[C@H]2O)=C(/C)C(C)CC)C1C. The largest absolute Gasteiger partial charge is 0.402 e. The Morgan fingerprint density at radius 2 is 1.89 bits per heavy atom. The van der Waals surface area contributed by atoms with E-state index in [-0.39, 0.29) is 5.41 Å². The Morgan fingerprint density at radius 3 is 2.47 bits per heavy atom. The van der Waals surface area contributed by atoms with Crippen LogP contribution < -0.4 is 5.73 Å². The van der Waals surface area contributed by atoms with Gasteiger partial charge in [0, 0.05) is 11.6 Å². The van der Waals surface area contributed by atoms with Gasteiger partial charge in [-0.05, 0) is 79.5 Å². The van der Waals surface area contributed by atoms with Gasteiger partial charge in [0.1, 0.15) is 30.2 Å². The van der Waals surface area contributed by atoms with E-state index in [1.54, 1.807) is 0 Å². The molecule has 1 saturated carbocycles. The van der Waals surface area contributed by atoms with Crippen LogP contribution in [0.4, 0.5) is 4.39 Å². The predicted octanol–water partition coefficient (Wildman–Crippen LogP) is 5.96. The number of benzene rings is 1. The van der Waals surface area contributed by atoms with Crippen LogP contribution in [0, 0.1) is 29.0 Å². The molecule has 1 aromatic carbocycles. The molecule has 0 radical (unpaired) electrons. The normalized spacial score (nSPS) is 33.6. The standard InChI is InChI=1S/C32H48FNO4/c1-7-19(2)20(3)26(32(6)18-25(21(32)4)22(5)34)12-10-8-9-11-13-27-29(36)30(37)31(38-27)28(35)23-14-16-24(33)17-15-23/h10,12,14-17,19,21,25,27-31,35-37H,5,7-9,11,13,18,34H2,1-4,6H3/b12-10-,26-20-/t19?,21?,25?,27-,28-,29-,30-,31+,32?/m0/s1. The van der Waals surface area contributed by atoms with Gasteiger partial charge in [0.2, 0.25) is 0 Å². The first-order valence-electron chi connectivity index (χ1n) is 14.2.